The topological polar surface area (TPSA) is 193 Å². The van der Waals surface area contributed by atoms with Gasteiger partial charge in [-0.05, 0) is 150 Å². The van der Waals surface area contributed by atoms with Crippen LogP contribution in [0.5, 0.6) is 23.0 Å². The Kier molecular flexibility index (Phi) is 14.9. The molecular weight excluding hydrogens is 973 g/mol. The summed E-state index contributed by atoms with van der Waals surface area (Å²) >= 11 is 0. The van der Waals surface area contributed by atoms with Crippen LogP contribution in [0.25, 0.3) is 0 Å². The van der Waals surface area contributed by atoms with Crippen molar-refractivity contribution in [2.75, 3.05) is 24.0 Å². The fourth-order valence-electron chi connectivity index (χ4n) is 10.2. The summed E-state index contributed by atoms with van der Waals surface area (Å²) in [5.41, 5.74) is 9.66. The predicted octanol–water partition coefficient (Wildman–Crippen LogP) is 11.4. The van der Waals surface area contributed by atoms with Crippen LogP contribution >= 0.6 is 0 Å². The van der Waals surface area contributed by atoms with Gasteiger partial charge in [0.2, 0.25) is 0 Å². The molecular formula is C58H62N4O12Si. The molecule has 0 bridgehead atoms. The molecule has 0 fully saturated rings. The number of hydrogen-bond acceptors (Lipinski definition) is 12. The van der Waals surface area contributed by atoms with Gasteiger partial charge in [-0.25, -0.2) is 0 Å². The van der Waals surface area contributed by atoms with E-state index in [1.54, 1.807) is 31.4 Å². The molecule has 1 N–H and O–H groups in total. The van der Waals surface area contributed by atoms with Crippen LogP contribution in [0.15, 0.2) is 109 Å². The van der Waals surface area contributed by atoms with E-state index in [9.17, 15) is 34.9 Å². The van der Waals surface area contributed by atoms with Gasteiger partial charge in [0, 0.05) is 58.9 Å². The zero-order valence-electron chi connectivity index (χ0n) is 43.3. The smallest absolute Gasteiger partial charge is 0.270 e. The fourth-order valence-corrected chi connectivity index (χ4v) is 11.2. The summed E-state index contributed by atoms with van der Waals surface area (Å²) in [4.78, 5) is 53.1. The first-order chi connectivity index (χ1) is 35.9. The summed E-state index contributed by atoms with van der Waals surface area (Å²) in [5, 5.41) is 32.4. The molecule has 2 amide bonds. The van der Waals surface area contributed by atoms with E-state index in [0.29, 0.717) is 57.4 Å². The van der Waals surface area contributed by atoms with E-state index < -0.39 is 18.2 Å². The Morgan fingerprint density at radius 3 is 1.41 bits per heavy atom. The largest absolute Gasteiger partial charge is 0.493 e. The molecule has 16 nitrogen and oxygen atoms in total. The minimum atomic E-state index is -2.03. The fraction of sp³-hybridized carbons (Fsp3) is 0.345. The number of benzene rings is 6. The molecule has 6 aromatic rings. The highest BCUT2D eigenvalue weighted by Crippen LogP contribution is 2.43. The molecule has 0 radical (unpaired) electrons. The predicted molar refractivity (Wildman–Crippen MR) is 287 cm³/mol. The third-order valence-corrected chi connectivity index (χ3v) is 19.7. The second-order valence-electron chi connectivity index (χ2n) is 21.0. The van der Waals surface area contributed by atoms with Crippen LogP contribution in [0.1, 0.15) is 98.8 Å². The lowest BCUT2D eigenvalue weighted by Crippen LogP contribution is -2.40. The number of methoxy groups -OCH3 is 2. The van der Waals surface area contributed by atoms with Gasteiger partial charge in [0.25, 0.3) is 23.2 Å². The van der Waals surface area contributed by atoms with Crippen molar-refractivity contribution in [3.63, 3.8) is 0 Å². The Bertz CT molecular complexity index is 3210. The highest BCUT2D eigenvalue weighted by molar-refractivity contribution is 6.74. The average Bonchev–Trinajstić information content (AvgIpc) is 3.89. The van der Waals surface area contributed by atoms with Gasteiger partial charge in [0.15, 0.2) is 31.3 Å². The van der Waals surface area contributed by atoms with Gasteiger partial charge >= 0.3 is 0 Å². The number of non-ortho nitro benzene ring substituents is 2. The highest BCUT2D eigenvalue weighted by atomic mass is 28.4. The lowest BCUT2D eigenvalue weighted by atomic mass is 9.99. The van der Waals surface area contributed by atoms with Crippen LogP contribution in [0.2, 0.25) is 18.1 Å². The van der Waals surface area contributed by atoms with E-state index in [2.05, 4.69) is 46.0 Å². The maximum absolute atomic E-state index is 13.7. The molecule has 17 heteroatoms. The van der Waals surface area contributed by atoms with Crippen molar-refractivity contribution in [1.82, 2.24) is 0 Å². The van der Waals surface area contributed by atoms with Gasteiger partial charge in [0.05, 0.1) is 37.3 Å². The minimum absolute atomic E-state index is 0.000271. The monoisotopic (exact) mass is 1030 g/mol. The number of hydrogen-bond donors (Lipinski definition) is 1. The average molecular weight is 1040 g/mol. The molecule has 390 valence electrons. The van der Waals surface area contributed by atoms with Crippen LogP contribution in [0.4, 0.5) is 22.7 Å². The van der Waals surface area contributed by atoms with Crippen molar-refractivity contribution in [2.45, 2.75) is 116 Å². The van der Waals surface area contributed by atoms with Crippen molar-refractivity contribution in [3.05, 3.63) is 185 Å². The molecule has 75 heavy (non-hydrogen) atoms. The quantitative estimate of drug-likeness (QED) is 0.0617. The summed E-state index contributed by atoms with van der Waals surface area (Å²) in [5.74, 6) is 1.78. The molecule has 0 saturated carbocycles. The third-order valence-electron chi connectivity index (χ3n) is 15.2. The number of ether oxygens (including phenoxy) is 4. The van der Waals surface area contributed by atoms with Crippen molar-refractivity contribution < 1.29 is 47.9 Å². The molecule has 2 atom stereocenters. The number of amides is 2. The molecule has 4 aliphatic heterocycles. The second kappa shape index (κ2) is 21.3. The number of carbonyl (C=O) groups excluding carboxylic acids is 2. The number of nitrogens with zero attached hydrogens (tertiary/aromatic N) is 4. The number of aliphatic hydroxyl groups excluding tert-OH is 1. The maximum Gasteiger partial charge on any atom is 0.270 e. The number of nitro groups is 2. The van der Waals surface area contributed by atoms with E-state index in [1.165, 1.54) is 36.4 Å². The van der Waals surface area contributed by atoms with Gasteiger partial charge in [-0.15, -0.1) is 0 Å². The van der Waals surface area contributed by atoms with Crippen LogP contribution in [-0.4, -0.2) is 61.4 Å². The van der Waals surface area contributed by atoms with E-state index >= 15 is 0 Å². The van der Waals surface area contributed by atoms with Gasteiger partial charge in [0.1, 0.15) is 13.2 Å². The minimum Gasteiger partial charge on any atom is -0.493 e. The number of aliphatic hydroxyl groups is 1. The summed E-state index contributed by atoms with van der Waals surface area (Å²) in [7, 11) is 1.03. The van der Waals surface area contributed by atoms with E-state index in [-0.39, 0.29) is 60.1 Å². The van der Waals surface area contributed by atoms with Crippen molar-refractivity contribution >= 4 is 42.9 Å². The van der Waals surface area contributed by atoms with E-state index in [0.717, 1.165) is 66.6 Å². The summed E-state index contributed by atoms with van der Waals surface area (Å²) < 4.78 is 29.7. The van der Waals surface area contributed by atoms with E-state index in [1.807, 2.05) is 64.4 Å². The van der Waals surface area contributed by atoms with Crippen LogP contribution < -0.4 is 28.7 Å². The molecule has 0 saturated heterocycles. The van der Waals surface area contributed by atoms with Crippen molar-refractivity contribution in [1.29, 1.82) is 0 Å². The molecule has 0 spiro atoms. The Labute approximate surface area is 437 Å². The van der Waals surface area contributed by atoms with E-state index in [4.69, 9.17) is 23.4 Å². The molecule has 4 aliphatic rings. The molecule has 0 aromatic heterocycles. The SMILES string of the molecule is COc1cc2c(cc1OCc1cc(CO)cc([N+](=O)[O-])c1)CC[C@@H]1Cc3ccccc3N1C2=O.COc1cc2c(cc1OCc1cc(CO[Si](C)(C)C(C)(C)C)cc([N+](=O)[O-])c1)CC[C@@H]1Cc3ccccc3N1C2=O. The Morgan fingerprint density at radius 1 is 0.587 bits per heavy atom. The van der Waals surface area contributed by atoms with Crippen LogP contribution in [-0.2, 0) is 56.5 Å². The number of carbonyl (C=O) groups is 2. The Hall–Kier alpha value is -7.60. The molecule has 0 aliphatic carbocycles. The highest BCUT2D eigenvalue weighted by Gasteiger charge is 2.40. The standard InChI is InChI=1S/C32H38N2O6Si.C26H24N2O6/c1-32(2,3)41(5,6)40-20-22-13-21(14-26(15-22)34(36)37)19-39-30-17-23-11-12-25-16-24-9-7-8-10-28(24)33(25)31(35)27(23)18-29(30)38-4;1-33-24-13-22-18(6-7-20-11-19-4-2-3-5-23(19)27(20)26(22)30)12-25(24)34-15-17-8-16(14-29)9-21(10-17)28(31)32/h7-10,13-15,17-18,25H,11-12,16,19-20H2,1-6H3;2-5,8-10,12-13,20,29H,6-7,11,14-15H2,1H3/t25-;20-/m11/s1. The number of aryl methyl sites for hydroxylation is 2. The normalized spacial score (nSPS) is 16.4. The molecule has 0 unspecified atom stereocenters. The summed E-state index contributed by atoms with van der Waals surface area (Å²) in [6, 6.07) is 33.0. The number of fused-ring (bicyclic) bond motifs is 8. The van der Waals surface area contributed by atoms with Gasteiger partial charge in [-0.3, -0.25) is 29.8 Å². The first-order valence-corrected chi connectivity index (χ1v) is 28.1. The number of rotatable bonds is 14. The van der Waals surface area contributed by atoms with Gasteiger partial charge in [-0.2, -0.15) is 0 Å². The lowest BCUT2D eigenvalue weighted by Gasteiger charge is -2.36. The van der Waals surface area contributed by atoms with Crippen molar-refractivity contribution in [3.8, 4) is 23.0 Å². The molecule has 4 heterocycles. The van der Waals surface area contributed by atoms with Gasteiger partial charge in [-0.1, -0.05) is 57.2 Å². The summed E-state index contributed by atoms with van der Waals surface area (Å²) in [6.45, 7) is 11.0. The number of anilines is 2. The third kappa shape index (κ3) is 10.8. The zero-order valence-corrected chi connectivity index (χ0v) is 44.3. The zero-order chi connectivity index (χ0) is 53.3. The Morgan fingerprint density at radius 2 is 1.00 bits per heavy atom. The van der Waals surface area contributed by atoms with Crippen LogP contribution in [0, 0.1) is 20.2 Å². The summed E-state index contributed by atoms with van der Waals surface area (Å²) in [6.07, 6.45) is 4.84. The Balaban J connectivity index is 0.000000187. The van der Waals surface area contributed by atoms with Crippen molar-refractivity contribution in [2.24, 2.45) is 0 Å². The second-order valence-corrected chi connectivity index (χ2v) is 25.8. The van der Waals surface area contributed by atoms with Gasteiger partial charge < -0.3 is 38.3 Å². The molecule has 6 aromatic carbocycles. The first-order valence-electron chi connectivity index (χ1n) is 25.2. The first kappa shape index (κ1) is 52.3. The maximum atomic E-state index is 13.7. The lowest BCUT2D eigenvalue weighted by molar-refractivity contribution is -0.385. The number of para-hydroxylation sites is 2. The number of nitro benzene ring substituents is 2. The van der Waals surface area contributed by atoms with Crippen LogP contribution in [0.3, 0.4) is 0 Å². The molecule has 10 rings (SSSR count).